The highest BCUT2D eigenvalue weighted by atomic mass is 127. The van der Waals surface area contributed by atoms with Crippen molar-refractivity contribution < 1.29 is 19.3 Å². The van der Waals surface area contributed by atoms with Crippen molar-refractivity contribution >= 4 is 22.6 Å². The van der Waals surface area contributed by atoms with Gasteiger partial charge in [-0.1, -0.05) is 11.6 Å². The summed E-state index contributed by atoms with van der Waals surface area (Å²) in [6.45, 7) is 1.59. The van der Waals surface area contributed by atoms with E-state index < -0.39 is 0 Å². The number of rotatable bonds is 6. The Morgan fingerprint density at radius 1 is 1.33 bits per heavy atom. The van der Waals surface area contributed by atoms with Crippen LogP contribution in [0.2, 0.25) is 0 Å². The lowest BCUT2D eigenvalue weighted by Gasteiger charge is -2.32. The molecule has 4 nitrogen and oxygen atoms in total. The Labute approximate surface area is 157 Å². The van der Waals surface area contributed by atoms with Crippen LogP contribution in [-0.2, 0) is 15.9 Å². The minimum Gasteiger partial charge on any atom is -0.497 e. The van der Waals surface area contributed by atoms with Crippen molar-refractivity contribution in [2.24, 2.45) is 5.92 Å². The quantitative estimate of drug-likeness (QED) is 0.537. The van der Waals surface area contributed by atoms with Crippen molar-refractivity contribution in [3.05, 3.63) is 39.0 Å². The van der Waals surface area contributed by atoms with Gasteiger partial charge in [0.05, 0.1) is 20.3 Å². The van der Waals surface area contributed by atoms with Crippen molar-refractivity contribution in [3.8, 4) is 5.75 Å². The number of hydrogen-bond donors (Lipinski definition) is 1. The molecule has 24 heavy (non-hydrogen) atoms. The Hall–Kier alpha value is -0.630. The number of aryl methyl sites for hydroxylation is 1. The fourth-order valence-electron chi connectivity index (χ4n) is 3.55. The minimum atomic E-state index is -0.383. The molecule has 1 heterocycles. The Kier molecular flexibility index (Phi) is 6.18. The molecule has 0 bridgehead atoms. The lowest BCUT2D eigenvalue weighted by atomic mass is 9.84. The third kappa shape index (κ3) is 4.12. The Balaban J connectivity index is 1.62. The molecule has 3 rings (SSSR count). The summed E-state index contributed by atoms with van der Waals surface area (Å²) in [7, 11) is 1.69. The molecule has 5 heteroatoms. The predicted octanol–water partition coefficient (Wildman–Crippen LogP) is 3.69. The molecule has 1 fully saturated rings. The molecule has 1 N–H and O–H groups in total. The van der Waals surface area contributed by atoms with Gasteiger partial charge in [0.1, 0.15) is 5.75 Å². The maximum absolute atomic E-state index is 9.85. The number of aliphatic hydroxyl groups excluding tert-OH is 1. The highest BCUT2D eigenvalue weighted by molar-refractivity contribution is 14.1. The molecular weight excluding hydrogens is 419 g/mol. The average Bonchev–Trinajstić information content (AvgIpc) is 3.06. The van der Waals surface area contributed by atoms with Crippen molar-refractivity contribution in [1.29, 1.82) is 0 Å². The molecule has 0 aromatic heterocycles. The van der Waals surface area contributed by atoms with Gasteiger partial charge >= 0.3 is 0 Å². The van der Waals surface area contributed by atoms with E-state index in [1.165, 1.54) is 14.7 Å². The smallest absolute Gasteiger partial charge is 0.172 e. The molecule has 2 aliphatic rings. The van der Waals surface area contributed by atoms with Crippen LogP contribution in [0.15, 0.2) is 29.8 Å². The number of aliphatic hydroxyl groups is 1. The van der Waals surface area contributed by atoms with E-state index in [2.05, 4.69) is 40.8 Å². The van der Waals surface area contributed by atoms with Crippen molar-refractivity contribution in [2.75, 3.05) is 26.9 Å². The van der Waals surface area contributed by atoms with E-state index in [0.29, 0.717) is 13.2 Å². The van der Waals surface area contributed by atoms with Gasteiger partial charge in [-0.15, -0.1) is 0 Å². The molecule has 0 amide bonds. The van der Waals surface area contributed by atoms with E-state index >= 15 is 0 Å². The summed E-state index contributed by atoms with van der Waals surface area (Å²) < 4.78 is 18.1. The summed E-state index contributed by atoms with van der Waals surface area (Å²) in [5, 5.41) is 9.85. The van der Waals surface area contributed by atoms with Crippen LogP contribution in [0.1, 0.15) is 31.2 Å². The van der Waals surface area contributed by atoms with Crippen LogP contribution in [0.4, 0.5) is 0 Å². The molecule has 132 valence electrons. The number of methoxy groups -OCH3 is 1. The standard InChI is InChI=1S/C19H25IO4/c1-22-17-4-5-18(20)15(12-17)2-3-16(13-21)14-6-8-19(9-7-14)23-10-11-24-19/h4-6,12,16,21H,2-3,7-11,13H2,1H3. The predicted molar refractivity (Wildman–Crippen MR) is 101 cm³/mol. The maximum atomic E-state index is 9.85. The van der Waals surface area contributed by atoms with Crippen LogP contribution in [0, 0.1) is 9.49 Å². The van der Waals surface area contributed by atoms with Crippen molar-refractivity contribution in [2.45, 2.75) is 37.9 Å². The summed E-state index contributed by atoms with van der Waals surface area (Å²) in [6, 6.07) is 6.17. The Morgan fingerprint density at radius 2 is 2.12 bits per heavy atom. The first kappa shape index (κ1) is 18.2. The monoisotopic (exact) mass is 444 g/mol. The molecule has 1 unspecified atom stereocenters. The average molecular weight is 444 g/mol. The lowest BCUT2D eigenvalue weighted by Crippen LogP contribution is -2.33. The van der Waals surface area contributed by atoms with Gasteiger partial charge in [-0.3, -0.25) is 0 Å². The zero-order chi connectivity index (χ0) is 17.0. The van der Waals surface area contributed by atoms with E-state index in [9.17, 15) is 5.11 Å². The van der Waals surface area contributed by atoms with Crippen LogP contribution in [-0.4, -0.2) is 37.8 Å². The summed E-state index contributed by atoms with van der Waals surface area (Å²) in [5.74, 6) is 0.720. The first-order valence-electron chi connectivity index (χ1n) is 8.56. The molecule has 0 radical (unpaired) electrons. The topological polar surface area (TPSA) is 47.9 Å². The van der Waals surface area contributed by atoms with Crippen molar-refractivity contribution in [3.63, 3.8) is 0 Å². The molecular formula is C19H25IO4. The maximum Gasteiger partial charge on any atom is 0.172 e. The van der Waals surface area contributed by atoms with E-state index in [-0.39, 0.29) is 18.3 Å². The summed E-state index contributed by atoms with van der Waals surface area (Å²) in [5.41, 5.74) is 2.63. The molecule has 1 spiro atoms. The first-order chi connectivity index (χ1) is 11.7. The first-order valence-corrected chi connectivity index (χ1v) is 9.64. The summed E-state index contributed by atoms with van der Waals surface area (Å²) in [6.07, 6.45) is 6.75. The zero-order valence-electron chi connectivity index (χ0n) is 14.1. The van der Waals surface area contributed by atoms with Gasteiger partial charge in [-0.2, -0.15) is 0 Å². The summed E-state index contributed by atoms with van der Waals surface area (Å²) >= 11 is 2.36. The molecule has 1 saturated heterocycles. The van der Waals surface area contributed by atoms with Gasteiger partial charge in [0.25, 0.3) is 0 Å². The lowest BCUT2D eigenvalue weighted by molar-refractivity contribution is -0.161. The molecule has 1 atom stereocenters. The molecule has 1 aromatic rings. The van der Waals surface area contributed by atoms with Crippen LogP contribution < -0.4 is 4.74 Å². The minimum absolute atomic E-state index is 0.196. The van der Waals surface area contributed by atoms with Gasteiger partial charge in [0, 0.05) is 28.9 Å². The number of benzene rings is 1. The van der Waals surface area contributed by atoms with Gasteiger partial charge in [-0.05, 0) is 65.6 Å². The van der Waals surface area contributed by atoms with Crippen LogP contribution in [0.5, 0.6) is 5.75 Å². The Bertz CT molecular complexity index is 593. The highest BCUT2D eigenvalue weighted by Crippen LogP contribution is 2.38. The van der Waals surface area contributed by atoms with Crippen molar-refractivity contribution in [1.82, 2.24) is 0 Å². The molecule has 1 aliphatic carbocycles. The third-order valence-corrected chi connectivity index (χ3v) is 6.10. The molecule has 0 saturated carbocycles. The highest BCUT2D eigenvalue weighted by Gasteiger charge is 2.38. The van der Waals surface area contributed by atoms with E-state index in [1.807, 2.05) is 6.07 Å². The number of hydrogen-bond acceptors (Lipinski definition) is 4. The third-order valence-electron chi connectivity index (χ3n) is 5.04. The second-order valence-corrected chi connectivity index (χ2v) is 7.63. The number of ether oxygens (including phenoxy) is 3. The van der Waals surface area contributed by atoms with Crippen LogP contribution in [0.25, 0.3) is 0 Å². The van der Waals surface area contributed by atoms with Crippen LogP contribution >= 0.6 is 22.6 Å². The summed E-state index contributed by atoms with van der Waals surface area (Å²) in [4.78, 5) is 0. The van der Waals surface area contributed by atoms with Gasteiger partial charge < -0.3 is 19.3 Å². The fraction of sp³-hybridized carbons (Fsp3) is 0.579. The SMILES string of the molecule is COc1ccc(I)c(CCC(CO)C2=CCC3(CC2)OCCO3)c1. The second kappa shape index (κ2) is 8.17. The van der Waals surface area contributed by atoms with E-state index in [0.717, 1.165) is 37.9 Å². The number of halogens is 1. The molecule has 1 aromatic carbocycles. The molecule has 1 aliphatic heterocycles. The fourth-order valence-corrected chi connectivity index (χ4v) is 4.15. The largest absolute Gasteiger partial charge is 0.497 e. The van der Waals surface area contributed by atoms with Gasteiger partial charge in [-0.25, -0.2) is 0 Å². The Morgan fingerprint density at radius 3 is 2.75 bits per heavy atom. The van der Waals surface area contributed by atoms with Crippen LogP contribution in [0.3, 0.4) is 0 Å². The second-order valence-electron chi connectivity index (χ2n) is 6.47. The van der Waals surface area contributed by atoms with Gasteiger partial charge in [0.15, 0.2) is 5.79 Å². The van der Waals surface area contributed by atoms with E-state index in [1.54, 1.807) is 7.11 Å². The zero-order valence-corrected chi connectivity index (χ0v) is 16.3. The van der Waals surface area contributed by atoms with E-state index in [4.69, 9.17) is 14.2 Å². The normalized spacial score (nSPS) is 20.9. The van der Waals surface area contributed by atoms with Gasteiger partial charge in [0.2, 0.25) is 0 Å².